The van der Waals surface area contributed by atoms with Gasteiger partial charge >= 0.3 is 0 Å². The van der Waals surface area contributed by atoms with Gasteiger partial charge in [0.2, 0.25) is 0 Å². The van der Waals surface area contributed by atoms with Gasteiger partial charge in [0.05, 0.1) is 31.5 Å². The molecule has 0 aromatic heterocycles. The minimum absolute atomic E-state index is 0.218. The summed E-state index contributed by atoms with van der Waals surface area (Å²) in [6.45, 7) is 3.65. The van der Waals surface area contributed by atoms with Crippen LogP contribution in [0.25, 0.3) is 0 Å². The molecular formula is C8H17NO3. The van der Waals surface area contributed by atoms with Crippen molar-refractivity contribution < 1.29 is 14.9 Å². The van der Waals surface area contributed by atoms with Crippen molar-refractivity contribution in [3.05, 3.63) is 0 Å². The van der Waals surface area contributed by atoms with Crippen molar-refractivity contribution >= 4 is 0 Å². The Hall–Kier alpha value is -0.160. The van der Waals surface area contributed by atoms with Crippen molar-refractivity contribution in [2.45, 2.75) is 25.0 Å². The van der Waals surface area contributed by atoms with E-state index in [1.807, 2.05) is 6.92 Å². The van der Waals surface area contributed by atoms with E-state index in [1.165, 1.54) is 0 Å². The van der Waals surface area contributed by atoms with Crippen molar-refractivity contribution in [1.82, 2.24) is 5.32 Å². The first-order valence-electron chi connectivity index (χ1n) is 4.37. The van der Waals surface area contributed by atoms with Gasteiger partial charge in [-0.2, -0.15) is 0 Å². The summed E-state index contributed by atoms with van der Waals surface area (Å²) in [6, 6.07) is 0. The lowest BCUT2D eigenvalue weighted by Gasteiger charge is -2.40. The summed E-state index contributed by atoms with van der Waals surface area (Å²) < 4.78 is 5.27. The van der Waals surface area contributed by atoms with Crippen molar-refractivity contribution in [3.8, 4) is 0 Å². The normalized spacial score (nSPS) is 33.2. The van der Waals surface area contributed by atoms with E-state index in [0.717, 1.165) is 13.0 Å². The molecule has 0 spiro atoms. The SMILES string of the molecule is CCC1(C(O)CO)COCCN1. The molecule has 4 heteroatoms. The Labute approximate surface area is 72.5 Å². The highest BCUT2D eigenvalue weighted by Crippen LogP contribution is 2.18. The molecule has 2 unspecified atom stereocenters. The molecule has 0 aromatic carbocycles. The van der Waals surface area contributed by atoms with Crippen LogP contribution < -0.4 is 5.32 Å². The van der Waals surface area contributed by atoms with Gasteiger partial charge in [-0.1, -0.05) is 6.92 Å². The van der Waals surface area contributed by atoms with E-state index in [-0.39, 0.29) is 6.61 Å². The summed E-state index contributed by atoms with van der Waals surface area (Å²) in [5.74, 6) is 0. The van der Waals surface area contributed by atoms with Crippen LogP contribution in [0.3, 0.4) is 0 Å². The van der Waals surface area contributed by atoms with Gasteiger partial charge in [-0.25, -0.2) is 0 Å². The molecule has 2 atom stereocenters. The number of ether oxygens (including phenoxy) is 1. The number of aliphatic hydroxyl groups excluding tert-OH is 2. The van der Waals surface area contributed by atoms with Crippen molar-refractivity contribution in [1.29, 1.82) is 0 Å². The second-order valence-electron chi connectivity index (χ2n) is 3.19. The number of nitrogens with one attached hydrogen (secondary N) is 1. The first-order chi connectivity index (χ1) is 5.75. The van der Waals surface area contributed by atoms with E-state index < -0.39 is 11.6 Å². The fourth-order valence-electron chi connectivity index (χ4n) is 1.53. The smallest absolute Gasteiger partial charge is 0.0974 e. The van der Waals surface area contributed by atoms with Gasteiger partial charge in [0.25, 0.3) is 0 Å². The number of aliphatic hydroxyl groups is 2. The third kappa shape index (κ3) is 1.77. The van der Waals surface area contributed by atoms with Crippen molar-refractivity contribution in [2.24, 2.45) is 0 Å². The van der Waals surface area contributed by atoms with Crippen LogP contribution in [0, 0.1) is 0 Å². The Kier molecular flexibility index (Phi) is 3.46. The molecule has 0 saturated carbocycles. The molecule has 1 rings (SSSR count). The van der Waals surface area contributed by atoms with Gasteiger partial charge in [-0.3, -0.25) is 0 Å². The second-order valence-corrected chi connectivity index (χ2v) is 3.19. The lowest BCUT2D eigenvalue weighted by Crippen LogP contribution is -2.62. The Balaban J connectivity index is 2.59. The van der Waals surface area contributed by atoms with Crippen molar-refractivity contribution in [2.75, 3.05) is 26.4 Å². The lowest BCUT2D eigenvalue weighted by molar-refractivity contribution is -0.0620. The number of morpholine rings is 1. The van der Waals surface area contributed by atoms with Crippen LogP contribution in [-0.2, 0) is 4.74 Å². The fraction of sp³-hybridized carbons (Fsp3) is 1.00. The van der Waals surface area contributed by atoms with Crippen molar-refractivity contribution in [3.63, 3.8) is 0 Å². The Bertz CT molecular complexity index is 134. The highest BCUT2D eigenvalue weighted by atomic mass is 16.5. The molecule has 0 radical (unpaired) electrons. The first-order valence-corrected chi connectivity index (χ1v) is 4.37. The fourth-order valence-corrected chi connectivity index (χ4v) is 1.53. The average Bonchev–Trinajstić information content (AvgIpc) is 2.17. The molecule has 72 valence electrons. The third-order valence-corrected chi connectivity index (χ3v) is 2.52. The zero-order chi connectivity index (χ0) is 9.03. The molecule has 3 N–H and O–H groups in total. The first kappa shape index (κ1) is 9.92. The van der Waals surface area contributed by atoms with E-state index in [0.29, 0.717) is 13.2 Å². The highest BCUT2D eigenvalue weighted by molar-refractivity contribution is 4.95. The molecule has 12 heavy (non-hydrogen) atoms. The maximum absolute atomic E-state index is 9.54. The molecule has 0 amide bonds. The maximum atomic E-state index is 9.54. The molecule has 1 heterocycles. The minimum atomic E-state index is -0.734. The largest absolute Gasteiger partial charge is 0.394 e. The molecule has 1 saturated heterocycles. The number of hydrogen-bond acceptors (Lipinski definition) is 4. The van der Waals surface area contributed by atoms with Gasteiger partial charge in [-0.05, 0) is 6.42 Å². The van der Waals surface area contributed by atoms with Gasteiger partial charge in [0.15, 0.2) is 0 Å². The summed E-state index contributed by atoms with van der Waals surface area (Å²) in [7, 11) is 0. The molecule has 1 aliphatic heterocycles. The number of rotatable bonds is 3. The highest BCUT2D eigenvalue weighted by Gasteiger charge is 2.37. The summed E-state index contributed by atoms with van der Waals surface area (Å²) in [5, 5.41) is 21.6. The van der Waals surface area contributed by atoms with E-state index in [2.05, 4.69) is 5.32 Å². The van der Waals surface area contributed by atoms with Crippen LogP contribution in [0.1, 0.15) is 13.3 Å². The van der Waals surface area contributed by atoms with Crippen LogP contribution in [-0.4, -0.2) is 48.2 Å². The van der Waals surface area contributed by atoms with E-state index in [1.54, 1.807) is 0 Å². The van der Waals surface area contributed by atoms with E-state index in [9.17, 15) is 5.11 Å². The average molecular weight is 175 g/mol. The quantitative estimate of drug-likeness (QED) is 0.520. The predicted molar refractivity (Wildman–Crippen MR) is 44.9 cm³/mol. The molecule has 0 aromatic rings. The molecule has 1 fully saturated rings. The number of hydrogen-bond donors (Lipinski definition) is 3. The van der Waals surface area contributed by atoms with Crippen LogP contribution in [0.4, 0.5) is 0 Å². The zero-order valence-electron chi connectivity index (χ0n) is 7.42. The van der Waals surface area contributed by atoms with E-state index in [4.69, 9.17) is 9.84 Å². The maximum Gasteiger partial charge on any atom is 0.0974 e. The predicted octanol–water partition coefficient (Wildman–Crippen LogP) is -0.892. The summed E-state index contributed by atoms with van der Waals surface area (Å²) in [6.07, 6.45) is 0.0251. The third-order valence-electron chi connectivity index (χ3n) is 2.52. The van der Waals surface area contributed by atoms with E-state index >= 15 is 0 Å². The van der Waals surface area contributed by atoms with Gasteiger partial charge in [-0.15, -0.1) is 0 Å². The Morgan fingerprint density at radius 2 is 2.42 bits per heavy atom. The van der Waals surface area contributed by atoms with Crippen LogP contribution >= 0.6 is 0 Å². The molecule has 0 aliphatic carbocycles. The summed E-state index contributed by atoms with van der Waals surface area (Å²) >= 11 is 0. The van der Waals surface area contributed by atoms with Crippen LogP contribution in [0.15, 0.2) is 0 Å². The standard InChI is InChI=1S/C8H17NO3/c1-2-8(7(11)5-10)6-12-4-3-9-8/h7,9-11H,2-6H2,1H3. The van der Waals surface area contributed by atoms with Crippen LogP contribution in [0.5, 0.6) is 0 Å². The zero-order valence-corrected chi connectivity index (χ0v) is 7.42. The molecule has 4 nitrogen and oxygen atoms in total. The lowest BCUT2D eigenvalue weighted by atomic mass is 9.89. The Morgan fingerprint density at radius 1 is 1.67 bits per heavy atom. The summed E-state index contributed by atoms with van der Waals surface area (Å²) in [4.78, 5) is 0. The molecule has 1 aliphatic rings. The van der Waals surface area contributed by atoms with Crippen LogP contribution in [0.2, 0.25) is 0 Å². The Morgan fingerprint density at radius 3 is 2.83 bits per heavy atom. The minimum Gasteiger partial charge on any atom is -0.394 e. The monoisotopic (exact) mass is 175 g/mol. The molecular weight excluding hydrogens is 158 g/mol. The topological polar surface area (TPSA) is 61.7 Å². The second kappa shape index (κ2) is 4.18. The van der Waals surface area contributed by atoms with Gasteiger partial charge in [0, 0.05) is 6.54 Å². The summed E-state index contributed by atoms with van der Waals surface area (Å²) in [5.41, 5.74) is -0.438. The molecule has 0 bridgehead atoms. The van der Waals surface area contributed by atoms with Gasteiger partial charge in [0.1, 0.15) is 0 Å². The van der Waals surface area contributed by atoms with Gasteiger partial charge < -0.3 is 20.3 Å².